The van der Waals surface area contributed by atoms with Gasteiger partial charge in [-0.25, -0.2) is 8.42 Å². The molecule has 0 atom stereocenters. The molecule has 3 rings (SSSR count). The van der Waals surface area contributed by atoms with Crippen LogP contribution in [-0.4, -0.2) is 26.0 Å². The van der Waals surface area contributed by atoms with E-state index >= 15 is 0 Å². The SMILES string of the molecule is CCCCCCCC/C=C\CCCCCCCCNC(=O)c1ccc(CO)c(NS(=O)(=O)c2cccc3ccccc23)c1. The van der Waals surface area contributed by atoms with Crippen LogP contribution in [-0.2, 0) is 16.6 Å². The molecular weight excluding hydrogens is 556 g/mol. The number of allylic oxidation sites excluding steroid dienone is 2. The van der Waals surface area contributed by atoms with Gasteiger partial charge >= 0.3 is 0 Å². The lowest BCUT2D eigenvalue weighted by atomic mass is 10.1. The first-order valence-electron chi connectivity index (χ1n) is 16.1. The van der Waals surface area contributed by atoms with Crippen molar-refractivity contribution in [1.82, 2.24) is 5.32 Å². The largest absolute Gasteiger partial charge is 0.392 e. The van der Waals surface area contributed by atoms with Crippen molar-refractivity contribution in [3.8, 4) is 0 Å². The summed E-state index contributed by atoms with van der Waals surface area (Å²) < 4.78 is 29.2. The van der Waals surface area contributed by atoms with Crippen LogP contribution in [0.3, 0.4) is 0 Å². The molecule has 0 aliphatic heterocycles. The van der Waals surface area contributed by atoms with Crippen LogP contribution in [0.5, 0.6) is 0 Å². The van der Waals surface area contributed by atoms with E-state index in [4.69, 9.17) is 0 Å². The molecule has 0 bridgehead atoms. The summed E-state index contributed by atoms with van der Waals surface area (Å²) in [5, 5.41) is 14.2. The van der Waals surface area contributed by atoms with E-state index in [9.17, 15) is 18.3 Å². The van der Waals surface area contributed by atoms with Gasteiger partial charge in [0.1, 0.15) is 0 Å². The first kappa shape index (κ1) is 34.3. The minimum atomic E-state index is -3.96. The number of carbonyl (C=O) groups excluding carboxylic acids is 1. The van der Waals surface area contributed by atoms with E-state index in [1.807, 2.05) is 18.2 Å². The fourth-order valence-electron chi connectivity index (χ4n) is 5.26. The van der Waals surface area contributed by atoms with E-state index in [1.165, 1.54) is 76.7 Å². The average Bonchev–Trinajstić information content (AvgIpc) is 3.02. The number of amides is 1. The van der Waals surface area contributed by atoms with Crippen molar-refractivity contribution < 1.29 is 18.3 Å². The van der Waals surface area contributed by atoms with Gasteiger partial charge < -0.3 is 10.4 Å². The van der Waals surface area contributed by atoms with Crippen LogP contribution in [0.4, 0.5) is 5.69 Å². The molecule has 0 aliphatic carbocycles. The van der Waals surface area contributed by atoms with Crippen LogP contribution in [0, 0.1) is 0 Å². The predicted molar refractivity (Wildman–Crippen MR) is 179 cm³/mol. The smallest absolute Gasteiger partial charge is 0.262 e. The van der Waals surface area contributed by atoms with Crippen molar-refractivity contribution >= 4 is 32.4 Å². The number of hydrogen-bond acceptors (Lipinski definition) is 4. The van der Waals surface area contributed by atoms with Crippen LogP contribution in [0.15, 0.2) is 77.7 Å². The Labute approximate surface area is 259 Å². The quantitative estimate of drug-likeness (QED) is 0.0833. The summed E-state index contributed by atoms with van der Waals surface area (Å²) in [6, 6.07) is 17.1. The van der Waals surface area contributed by atoms with Gasteiger partial charge in [0.05, 0.1) is 17.2 Å². The molecular formula is C36H50N2O4S. The fraction of sp³-hybridized carbons (Fsp3) is 0.472. The standard InChI is InChI=1S/C36H50N2O4S/c1-2-3-4-5-6-7-8-9-10-11-12-13-14-15-16-19-27-37-36(40)31-25-26-32(29-39)34(28-31)38-43(41,42)35-24-20-22-30-21-17-18-23-33(30)35/h9-10,17-18,20-26,28,38-39H,2-8,11-16,19,27,29H2,1H3,(H,37,40)/b10-9-. The lowest BCUT2D eigenvalue weighted by Crippen LogP contribution is -2.25. The van der Waals surface area contributed by atoms with Crippen molar-refractivity contribution in [3.05, 3.63) is 83.9 Å². The number of sulfonamides is 1. The number of aliphatic hydroxyl groups excluding tert-OH is 1. The van der Waals surface area contributed by atoms with Crippen molar-refractivity contribution in [2.75, 3.05) is 11.3 Å². The number of anilines is 1. The summed E-state index contributed by atoms with van der Waals surface area (Å²) in [7, 11) is -3.96. The molecule has 1 amide bonds. The zero-order chi connectivity index (χ0) is 30.8. The second-order valence-electron chi connectivity index (χ2n) is 11.3. The van der Waals surface area contributed by atoms with Gasteiger partial charge in [0, 0.05) is 23.1 Å². The van der Waals surface area contributed by atoms with E-state index in [2.05, 4.69) is 29.1 Å². The Morgan fingerprint density at radius 3 is 2.09 bits per heavy atom. The Morgan fingerprint density at radius 1 is 0.767 bits per heavy atom. The highest BCUT2D eigenvalue weighted by molar-refractivity contribution is 7.93. The molecule has 6 nitrogen and oxygen atoms in total. The molecule has 0 aliphatic rings. The van der Waals surface area contributed by atoms with E-state index in [0.717, 1.165) is 24.6 Å². The first-order valence-corrected chi connectivity index (χ1v) is 17.6. The molecule has 0 spiro atoms. The molecule has 0 radical (unpaired) electrons. The van der Waals surface area contributed by atoms with Gasteiger partial charge in [0.25, 0.3) is 15.9 Å². The normalized spacial score (nSPS) is 11.8. The molecule has 0 fully saturated rings. The molecule has 0 unspecified atom stereocenters. The lowest BCUT2D eigenvalue weighted by Gasteiger charge is -2.14. The molecule has 3 aromatic carbocycles. The van der Waals surface area contributed by atoms with Crippen molar-refractivity contribution in [3.63, 3.8) is 0 Å². The Bertz CT molecular complexity index is 1400. The molecule has 3 N–H and O–H groups in total. The Kier molecular flexibility index (Phi) is 15.3. The molecule has 0 saturated heterocycles. The maximum atomic E-state index is 13.3. The number of nitrogens with one attached hydrogen (secondary N) is 2. The van der Waals surface area contributed by atoms with Gasteiger partial charge in [-0.2, -0.15) is 0 Å². The van der Waals surface area contributed by atoms with Crippen molar-refractivity contribution in [1.29, 1.82) is 0 Å². The van der Waals surface area contributed by atoms with E-state index < -0.39 is 10.0 Å². The average molecular weight is 607 g/mol. The summed E-state index contributed by atoms with van der Waals surface area (Å²) in [6.45, 7) is 2.47. The third kappa shape index (κ3) is 11.8. The number of carbonyl (C=O) groups is 1. The third-order valence-electron chi connectivity index (χ3n) is 7.80. The first-order chi connectivity index (χ1) is 21.0. The Hall–Kier alpha value is -3.16. The number of hydrogen-bond donors (Lipinski definition) is 3. The molecule has 234 valence electrons. The van der Waals surface area contributed by atoms with E-state index in [-0.39, 0.29) is 23.1 Å². The van der Waals surface area contributed by atoms with Crippen LogP contribution < -0.4 is 10.0 Å². The molecule has 3 aromatic rings. The maximum absolute atomic E-state index is 13.3. The van der Waals surface area contributed by atoms with Gasteiger partial charge in [-0.15, -0.1) is 0 Å². The monoisotopic (exact) mass is 606 g/mol. The van der Waals surface area contributed by atoms with Crippen LogP contribution >= 0.6 is 0 Å². The molecule has 0 aromatic heterocycles. The van der Waals surface area contributed by atoms with Gasteiger partial charge in [-0.1, -0.05) is 119 Å². The van der Waals surface area contributed by atoms with Crippen molar-refractivity contribution in [2.45, 2.75) is 108 Å². The van der Waals surface area contributed by atoms with E-state index in [1.54, 1.807) is 36.4 Å². The zero-order valence-electron chi connectivity index (χ0n) is 25.8. The predicted octanol–water partition coefficient (Wildman–Crippen LogP) is 8.90. The Balaban J connectivity index is 1.36. The molecule has 0 saturated carbocycles. The van der Waals surface area contributed by atoms with Gasteiger partial charge in [-0.05, 0) is 55.7 Å². The van der Waals surface area contributed by atoms with Gasteiger partial charge in [0.15, 0.2) is 0 Å². The highest BCUT2D eigenvalue weighted by Crippen LogP contribution is 2.27. The number of benzene rings is 3. The highest BCUT2D eigenvalue weighted by atomic mass is 32.2. The van der Waals surface area contributed by atoms with Gasteiger partial charge in [0.2, 0.25) is 0 Å². The van der Waals surface area contributed by atoms with Crippen LogP contribution in [0.25, 0.3) is 10.8 Å². The van der Waals surface area contributed by atoms with Crippen LogP contribution in [0.2, 0.25) is 0 Å². The zero-order valence-corrected chi connectivity index (χ0v) is 26.6. The second kappa shape index (κ2) is 19.2. The Morgan fingerprint density at radius 2 is 1.40 bits per heavy atom. The minimum absolute atomic E-state index is 0.143. The van der Waals surface area contributed by atoms with Gasteiger partial charge in [-0.3, -0.25) is 9.52 Å². The summed E-state index contributed by atoms with van der Waals surface area (Å²) in [5.41, 5.74) is 0.936. The lowest BCUT2D eigenvalue weighted by molar-refractivity contribution is 0.0953. The highest BCUT2D eigenvalue weighted by Gasteiger charge is 2.20. The summed E-state index contributed by atoms with van der Waals surface area (Å²) in [4.78, 5) is 13.0. The third-order valence-corrected chi connectivity index (χ3v) is 9.22. The number of aliphatic hydroxyl groups is 1. The van der Waals surface area contributed by atoms with Crippen molar-refractivity contribution in [2.24, 2.45) is 0 Å². The maximum Gasteiger partial charge on any atom is 0.262 e. The number of rotatable bonds is 21. The summed E-state index contributed by atoms with van der Waals surface area (Å²) >= 11 is 0. The summed E-state index contributed by atoms with van der Waals surface area (Å²) in [5.74, 6) is -0.261. The fourth-order valence-corrected chi connectivity index (χ4v) is 6.58. The molecule has 7 heteroatoms. The molecule has 0 heterocycles. The van der Waals surface area contributed by atoms with E-state index in [0.29, 0.717) is 23.1 Å². The minimum Gasteiger partial charge on any atom is -0.392 e. The molecule has 43 heavy (non-hydrogen) atoms. The topological polar surface area (TPSA) is 95.5 Å². The second-order valence-corrected chi connectivity index (χ2v) is 13.0. The van der Waals surface area contributed by atoms with Crippen LogP contribution in [0.1, 0.15) is 113 Å². The number of fused-ring (bicyclic) bond motifs is 1. The number of unbranched alkanes of at least 4 members (excludes halogenated alkanes) is 12. The summed E-state index contributed by atoms with van der Waals surface area (Å²) in [6.07, 6.45) is 22.0.